The normalized spacial score (nSPS) is 29.0. The van der Waals surface area contributed by atoms with Crippen molar-refractivity contribution in [3.05, 3.63) is 29.6 Å². The van der Waals surface area contributed by atoms with Gasteiger partial charge in [0.25, 0.3) is 11.8 Å². The first-order valence-electron chi connectivity index (χ1n) is 14.9. The van der Waals surface area contributed by atoms with Crippen LogP contribution in [0.5, 0.6) is 5.75 Å². The summed E-state index contributed by atoms with van der Waals surface area (Å²) in [6, 6.07) is 3.87. The van der Waals surface area contributed by atoms with Crippen LogP contribution < -0.4 is 15.8 Å². The van der Waals surface area contributed by atoms with Crippen LogP contribution in [0.3, 0.4) is 0 Å². The van der Waals surface area contributed by atoms with Gasteiger partial charge in [-0.25, -0.2) is 4.52 Å². The van der Waals surface area contributed by atoms with Crippen molar-refractivity contribution in [3.63, 3.8) is 0 Å². The Hall–Kier alpha value is -3.47. The number of hydrogen-bond acceptors (Lipinski definition) is 7. The van der Waals surface area contributed by atoms with E-state index in [2.05, 4.69) is 15.5 Å². The van der Waals surface area contributed by atoms with E-state index in [1.807, 2.05) is 21.3 Å². The van der Waals surface area contributed by atoms with Crippen LogP contribution in [-0.2, 0) is 9.53 Å². The summed E-state index contributed by atoms with van der Waals surface area (Å²) in [6.45, 7) is 4.43. The van der Waals surface area contributed by atoms with E-state index in [1.54, 1.807) is 26.3 Å². The quantitative estimate of drug-likeness (QED) is 0.379. The van der Waals surface area contributed by atoms with Crippen LogP contribution in [0.1, 0.15) is 87.2 Å². The van der Waals surface area contributed by atoms with Crippen molar-refractivity contribution in [2.75, 3.05) is 13.2 Å². The molecule has 1 aliphatic heterocycles. The van der Waals surface area contributed by atoms with E-state index in [0.717, 1.165) is 56.3 Å². The smallest absolute Gasteiger partial charge is 0.277 e. The van der Waals surface area contributed by atoms with Gasteiger partial charge < -0.3 is 25.6 Å². The minimum atomic E-state index is -0.941. The van der Waals surface area contributed by atoms with Crippen LogP contribution in [-0.4, -0.2) is 74.2 Å². The first-order chi connectivity index (χ1) is 19.6. The maximum atomic E-state index is 13.3. The second-order valence-corrected chi connectivity index (χ2v) is 13.6. The zero-order chi connectivity index (χ0) is 28.5. The van der Waals surface area contributed by atoms with E-state index in [1.165, 1.54) is 12.8 Å². The SMILES string of the molecule is CC(C)(O)COc1ccc2c(C(=O)NC3CC4(C3)CC(OC3=N[N+](CC5CC5)=CC3C(N)=O)C4)cnn2c1C1CC1. The average Bonchev–Trinajstić information content (AvgIpc) is 3.78. The molecular formula is C30H39N6O5+. The summed E-state index contributed by atoms with van der Waals surface area (Å²) in [7, 11) is 0. The van der Waals surface area contributed by atoms with Gasteiger partial charge in [-0.2, -0.15) is 5.10 Å². The molecule has 0 bridgehead atoms. The molecule has 1 spiro atoms. The lowest BCUT2D eigenvalue weighted by atomic mass is 9.53. The third-order valence-electron chi connectivity index (χ3n) is 9.03. The maximum Gasteiger partial charge on any atom is 0.277 e. The largest absolute Gasteiger partial charge is 0.489 e. The fraction of sp³-hybridized carbons (Fsp3) is 0.633. The summed E-state index contributed by atoms with van der Waals surface area (Å²) in [5, 5.41) is 22.4. The van der Waals surface area contributed by atoms with Gasteiger partial charge in [0.15, 0.2) is 18.7 Å². The molecule has 3 heterocycles. The van der Waals surface area contributed by atoms with Crippen LogP contribution in [0.2, 0.25) is 0 Å². The van der Waals surface area contributed by atoms with Crippen molar-refractivity contribution >= 4 is 29.4 Å². The Balaban J connectivity index is 0.942. The highest BCUT2D eigenvalue weighted by Crippen LogP contribution is 2.57. The molecule has 1 atom stereocenters. The molecule has 2 amide bonds. The minimum absolute atomic E-state index is 0.0230. The molecule has 0 saturated heterocycles. The molecule has 218 valence electrons. The fourth-order valence-electron chi connectivity index (χ4n) is 6.60. The van der Waals surface area contributed by atoms with Crippen molar-refractivity contribution in [2.24, 2.45) is 28.1 Å². The molecule has 1 unspecified atom stereocenters. The highest BCUT2D eigenvalue weighted by molar-refractivity contribution is 6.12. The van der Waals surface area contributed by atoms with E-state index in [0.29, 0.717) is 29.0 Å². The molecule has 5 aliphatic rings. The van der Waals surface area contributed by atoms with E-state index in [4.69, 9.17) is 15.2 Å². The molecule has 7 rings (SSSR count). The number of amides is 2. The van der Waals surface area contributed by atoms with E-state index in [-0.39, 0.29) is 30.1 Å². The summed E-state index contributed by atoms with van der Waals surface area (Å²) in [6.07, 6.45) is 11.6. The van der Waals surface area contributed by atoms with Crippen LogP contribution >= 0.6 is 0 Å². The topological polar surface area (TPSA) is 144 Å². The predicted octanol–water partition coefficient (Wildman–Crippen LogP) is 2.34. The Kier molecular flexibility index (Phi) is 6.15. The molecule has 2 aromatic heterocycles. The van der Waals surface area contributed by atoms with E-state index < -0.39 is 17.4 Å². The molecule has 11 heteroatoms. The number of primary amides is 1. The van der Waals surface area contributed by atoms with Crippen LogP contribution in [0.15, 0.2) is 23.4 Å². The number of carbonyl (C=O) groups excluding carboxylic acids is 2. The molecule has 41 heavy (non-hydrogen) atoms. The van der Waals surface area contributed by atoms with E-state index >= 15 is 0 Å². The Morgan fingerprint density at radius 3 is 2.61 bits per heavy atom. The molecule has 4 N–H and O–H groups in total. The van der Waals surface area contributed by atoms with Gasteiger partial charge in [-0.3, -0.25) is 9.59 Å². The second kappa shape index (κ2) is 9.54. The van der Waals surface area contributed by atoms with Gasteiger partial charge in [-0.1, -0.05) is 4.68 Å². The molecule has 4 fully saturated rings. The lowest BCUT2D eigenvalue weighted by molar-refractivity contribution is -0.530. The van der Waals surface area contributed by atoms with Gasteiger partial charge in [0.2, 0.25) is 5.91 Å². The number of nitrogens with two attached hydrogens (primary N) is 1. The number of ether oxygens (including phenoxy) is 2. The number of hydrogen-bond donors (Lipinski definition) is 3. The van der Waals surface area contributed by atoms with Crippen molar-refractivity contribution in [2.45, 2.75) is 88.9 Å². The highest BCUT2D eigenvalue weighted by atomic mass is 16.5. The summed E-state index contributed by atoms with van der Waals surface area (Å²) < 4.78 is 15.7. The zero-order valence-corrected chi connectivity index (χ0v) is 23.7. The number of hydrazone groups is 1. The van der Waals surface area contributed by atoms with Crippen LogP contribution in [0.25, 0.3) is 5.52 Å². The van der Waals surface area contributed by atoms with Crippen molar-refractivity contribution in [1.29, 1.82) is 0 Å². The number of nitrogens with one attached hydrogen (secondary N) is 1. The second-order valence-electron chi connectivity index (χ2n) is 13.6. The minimum Gasteiger partial charge on any atom is -0.489 e. The molecular weight excluding hydrogens is 524 g/mol. The number of rotatable bonds is 10. The first-order valence-corrected chi connectivity index (χ1v) is 14.9. The highest BCUT2D eigenvalue weighted by Gasteiger charge is 2.55. The zero-order valence-electron chi connectivity index (χ0n) is 23.7. The van der Waals surface area contributed by atoms with Gasteiger partial charge >= 0.3 is 0 Å². The van der Waals surface area contributed by atoms with Gasteiger partial charge in [-0.05, 0) is 82.8 Å². The van der Waals surface area contributed by atoms with Crippen molar-refractivity contribution in [3.8, 4) is 5.75 Å². The number of fused-ring (bicyclic) bond motifs is 1. The Morgan fingerprint density at radius 2 is 1.95 bits per heavy atom. The lowest BCUT2D eigenvalue weighted by Crippen LogP contribution is -2.58. The number of pyridine rings is 1. The predicted molar refractivity (Wildman–Crippen MR) is 150 cm³/mol. The monoisotopic (exact) mass is 563 g/mol. The van der Waals surface area contributed by atoms with Crippen molar-refractivity contribution < 1.29 is 28.9 Å². The Bertz CT molecular complexity index is 1450. The van der Waals surface area contributed by atoms with Crippen molar-refractivity contribution in [1.82, 2.24) is 14.9 Å². The summed E-state index contributed by atoms with van der Waals surface area (Å²) in [5.41, 5.74) is 7.12. The van der Waals surface area contributed by atoms with Gasteiger partial charge in [0, 0.05) is 23.0 Å². The Morgan fingerprint density at radius 1 is 1.20 bits per heavy atom. The summed E-state index contributed by atoms with van der Waals surface area (Å²) in [4.78, 5) is 25.2. The molecule has 4 aliphatic carbocycles. The third-order valence-corrected chi connectivity index (χ3v) is 9.03. The summed E-state index contributed by atoms with van der Waals surface area (Å²) in [5.74, 6) is 0.989. The van der Waals surface area contributed by atoms with E-state index in [9.17, 15) is 14.7 Å². The summed E-state index contributed by atoms with van der Waals surface area (Å²) >= 11 is 0. The number of carbonyl (C=O) groups is 2. The lowest BCUT2D eigenvalue weighted by Gasteiger charge is -2.57. The molecule has 4 saturated carbocycles. The van der Waals surface area contributed by atoms with Gasteiger partial charge in [0.05, 0.1) is 28.6 Å². The Labute approximate surface area is 238 Å². The molecule has 2 aromatic rings. The number of aromatic nitrogens is 2. The van der Waals surface area contributed by atoms with Crippen LogP contribution in [0, 0.1) is 17.3 Å². The van der Waals surface area contributed by atoms with Gasteiger partial charge in [0.1, 0.15) is 18.5 Å². The van der Waals surface area contributed by atoms with Crippen LogP contribution in [0.4, 0.5) is 0 Å². The standard InChI is InChI=1S/C30H38N6O5/c1-29(2,39)16-40-24-8-7-23-21(13-32-36(23)25(24)18-5-6-18)27(38)33-19-9-30(10-19)11-20(12-30)41-28-22(26(31)37)15-35(34-28)14-17-3-4-17/h7-8,13,15,17-20,22,39H,3-6,9-12,14,16H2,1-2H3,(H2-,31,33,37,38)/p+1. The molecule has 0 aromatic carbocycles. The first kappa shape index (κ1) is 26.4. The average molecular weight is 564 g/mol. The third kappa shape index (κ3) is 5.31. The molecule has 11 nitrogen and oxygen atoms in total. The maximum absolute atomic E-state index is 13.3. The van der Waals surface area contributed by atoms with Gasteiger partial charge in [-0.15, -0.1) is 0 Å². The molecule has 0 radical (unpaired) electrons. The number of aliphatic hydroxyl groups is 1. The number of nitrogens with zero attached hydrogens (tertiary/aromatic N) is 4. The fourth-order valence-corrected chi connectivity index (χ4v) is 6.60.